The predicted molar refractivity (Wildman–Crippen MR) is 277 cm³/mol. The number of aryl methyl sites for hydroxylation is 2. The first-order chi connectivity index (χ1) is 30.9. The molecule has 63 heavy (non-hydrogen) atoms. The molecule has 1 nitrogen and oxygen atoms in total. The van der Waals surface area contributed by atoms with Crippen molar-refractivity contribution in [3.63, 3.8) is 0 Å². The summed E-state index contributed by atoms with van der Waals surface area (Å²) in [6, 6.07) is 59.5. The Hall–Kier alpha value is -5.18. The van der Waals surface area contributed by atoms with Gasteiger partial charge in [0.25, 0.3) is 0 Å². The zero-order valence-corrected chi connectivity index (χ0v) is 39.8. The van der Waals surface area contributed by atoms with Crippen molar-refractivity contribution in [2.75, 3.05) is 4.90 Å². The van der Waals surface area contributed by atoms with Gasteiger partial charge in [0.1, 0.15) is 0 Å². The minimum Gasteiger partial charge on any atom is -0.311 e. The molecule has 1 aliphatic rings. The van der Waals surface area contributed by atoms with Crippen LogP contribution in [0, 0.1) is 13.8 Å². The summed E-state index contributed by atoms with van der Waals surface area (Å²) in [6.45, 7) is 8.92. The van der Waals surface area contributed by atoms with E-state index < -0.39 is 0 Å². The number of anilines is 3. The molecule has 0 spiro atoms. The van der Waals surface area contributed by atoms with Gasteiger partial charge in [0.2, 0.25) is 0 Å². The summed E-state index contributed by atoms with van der Waals surface area (Å²) in [4.78, 5) is 2.39. The van der Waals surface area contributed by atoms with E-state index in [1.807, 2.05) is 0 Å². The lowest BCUT2D eigenvalue weighted by atomic mass is 9.70. The van der Waals surface area contributed by atoms with Crippen LogP contribution < -0.4 is 4.90 Å². The van der Waals surface area contributed by atoms with Gasteiger partial charge in [-0.05, 0) is 137 Å². The van der Waals surface area contributed by atoms with E-state index in [9.17, 15) is 0 Å². The Labute approximate surface area is 387 Å². The first-order valence-corrected chi connectivity index (χ1v) is 24.9. The highest BCUT2D eigenvalue weighted by Crippen LogP contribution is 2.55. The number of hydrogen-bond donors (Lipinski definition) is 0. The average Bonchev–Trinajstić information content (AvgIpc) is 3.57. The number of benzene rings is 7. The largest absolute Gasteiger partial charge is 0.311 e. The lowest BCUT2D eigenvalue weighted by Gasteiger charge is -2.33. The zero-order valence-electron chi connectivity index (χ0n) is 38.2. The summed E-state index contributed by atoms with van der Waals surface area (Å²) in [6.07, 6.45) is 18.3. The average molecular weight is 893 g/mol. The number of hydrogen-bond acceptors (Lipinski definition) is 1. The smallest absolute Gasteiger partial charge is 0.0462 e. The molecule has 2 heteroatoms. The maximum atomic E-state index is 3.91. The number of nitrogens with zero attached hydrogens (tertiary/aromatic N) is 1. The Bertz CT molecular complexity index is 2420. The normalized spacial score (nSPS) is 12.6. The molecule has 7 aromatic rings. The van der Waals surface area contributed by atoms with Crippen molar-refractivity contribution in [2.45, 2.75) is 123 Å². The third-order valence-electron chi connectivity index (χ3n) is 13.7. The Morgan fingerprint density at radius 3 is 1.13 bits per heavy atom. The summed E-state index contributed by atoms with van der Waals surface area (Å²) in [5.74, 6) is 0. The molecule has 322 valence electrons. The molecule has 0 N–H and O–H groups in total. The quantitative estimate of drug-likeness (QED) is 0.0689. The van der Waals surface area contributed by atoms with Crippen LogP contribution in [0.25, 0.3) is 44.5 Å². The van der Waals surface area contributed by atoms with Crippen LogP contribution in [-0.2, 0) is 5.41 Å². The van der Waals surface area contributed by atoms with Crippen LogP contribution in [-0.4, -0.2) is 0 Å². The minimum absolute atomic E-state index is 0.0339. The standard InChI is InChI=1S/C61H66BrN/c1-5-7-9-11-13-15-41-61(42-16-14-12-10-8-6-2)59-43-52(31-39-57(59)58-40-32-53(62)44-60(58)61)51-29-37-56(38-30-51)63(54-33-25-49(26-34-54)47-21-17-45(3)18-22-47)55-35-27-50(28-36-55)48-23-19-46(4)20-24-48/h17-40,43-44H,5-16,41-42H2,1-4H3. The number of halogens is 1. The van der Waals surface area contributed by atoms with Crippen molar-refractivity contribution < 1.29 is 0 Å². The monoisotopic (exact) mass is 891 g/mol. The van der Waals surface area contributed by atoms with Crippen LogP contribution in [0.5, 0.6) is 0 Å². The van der Waals surface area contributed by atoms with Gasteiger partial charge in [0.05, 0.1) is 0 Å². The molecule has 0 bridgehead atoms. The molecule has 0 aliphatic heterocycles. The molecule has 8 rings (SSSR count). The van der Waals surface area contributed by atoms with E-state index in [4.69, 9.17) is 0 Å². The molecule has 0 fully saturated rings. The number of rotatable bonds is 20. The maximum Gasteiger partial charge on any atom is 0.0462 e. The fraction of sp³-hybridized carbons (Fsp3) is 0.311. The van der Waals surface area contributed by atoms with Gasteiger partial charge in [-0.3, -0.25) is 0 Å². The fourth-order valence-corrected chi connectivity index (χ4v) is 10.4. The number of fused-ring (bicyclic) bond motifs is 3. The Morgan fingerprint density at radius 2 is 0.698 bits per heavy atom. The van der Waals surface area contributed by atoms with Crippen molar-refractivity contribution in [3.8, 4) is 44.5 Å². The van der Waals surface area contributed by atoms with Gasteiger partial charge in [-0.25, -0.2) is 0 Å². The molecule has 0 saturated carbocycles. The van der Waals surface area contributed by atoms with E-state index in [-0.39, 0.29) is 5.41 Å². The highest BCUT2D eigenvalue weighted by atomic mass is 79.9. The van der Waals surface area contributed by atoms with Crippen molar-refractivity contribution >= 4 is 33.0 Å². The predicted octanol–water partition coefficient (Wildman–Crippen LogP) is 19.3. The van der Waals surface area contributed by atoms with E-state index in [1.54, 1.807) is 11.1 Å². The van der Waals surface area contributed by atoms with Crippen LogP contribution >= 0.6 is 15.9 Å². The first-order valence-electron chi connectivity index (χ1n) is 24.1. The summed E-state index contributed by atoms with van der Waals surface area (Å²) in [5, 5.41) is 0. The molecule has 0 atom stereocenters. The summed E-state index contributed by atoms with van der Waals surface area (Å²) < 4.78 is 1.19. The second-order valence-electron chi connectivity index (χ2n) is 18.3. The van der Waals surface area contributed by atoms with Crippen LogP contribution in [0.4, 0.5) is 17.1 Å². The van der Waals surface area contributed by atoms with E-state index in [1.165, 1.54) is 150 Å². The van der Waals surface area contributed by atoms with Crippen molar-refractivity contribution in [3.05, 3.63) is 184 Å². The molecule has 0 amide bonds. The van der Waals surface area contributed by atoms with Gasteiger partial charge in [0, 0.05) is 26.9 Å². The van der Waals surface area contributed by atoms with Gasteiger partial charge in [-0.1, -0.05) is 221 Å². The highest BCUT2D eigenvalue weighted by molar-refractivity contribution is 9.10. The van der Waals surface area contributed by atoms with Gasteiger partial charge >= 0.3 is 0 Å². The summed E-state index contributed by atoms with van der Waals surface area (Å²) in [5.41, 5.74) is 19.4. The van der Waals surface area contributed by atoms with E-state index in [0.717, 1.165) is 17.1 Å². The third-order valence-corrected chi connectivity index (χ3v) is 14.2. The maximum absolute atomic E-state index is 3.91. The second kappa shape index (κ2) is 21.0. The molecule has 0 unspecified atom stereocenters. The van der Waals surface area contributed by atoms with E-state index in [2.05, 4.69) is 206 Å². The molecule has 0 heterocycles. The lowest BCUT2D eigenvalue weighted by Crippen LogP contribution is -2.25. The van der Waals surface area contributed by atoms with Crippen LogP contribution in [0.3, 0.4) is 0 Å². The first kappa shape index (κ1) is 44.4. The molecule has 0 radical (unpaired) electrons. The van der Waals surface area contributed by atoms with Gasteiger partial charge < -0.3 is 4.90 Å². The zero-order chi connectivity index (χ0) is 43.6. The summed E-state index contributed by atoms with van der Waals surface area (Å²) in [7, 11) is 0. The Kier molecular flexibility index (Phi) is 14.8. The molecule has 0 saturated heterocycles. The second-order valence-corrected chi connectivity index (χ2v) is 19.2. The highest BCUT2D eigenvalue weighted by Gasteiger charge is 2.42. The lowest BCUT2D eigenvalue weighted by molar-refractivity contribution is 0.398. The topological polar surface area (TPSA) is 3.24 Å². The van der Waals surface area contributed by atoms with E-state index in [0.29, 0.717) is 0 Å². The molecule has 7 aromatic carbocycles. The molecular weight excluding hydrogens is 827 g/mol. The Morgan fingerprint density at radius 1 is 0.365 bits per heavy atom. The van der Waals surface area contributed by atoms with Crippen LogP contribution in [0.2, 0.25) is 0 Å². The van der Waals surface area contributed by atoms with Crippen molar-refractivity contribution in [2.24, 2.45) is 0 Å². The van der Waals surface area contributed by atoms with Crippen molar-refractivity contribution in [1.29, 1.82) is 0 Å². The van der Waals surface area contributed by atoms with E-state index >= 15 is 0 Å². The third kappa shape index (κ3) is 10.3. The van der Waals surface area contributed by atoms with Crippen LogP contribution in [0.15, 0.2) is 162 Å². The SMILES string of the molecule is CCCCCCCCC1(CCCCCCCC)c2cc(Br)ccc2-c2ccc(-c3ccc(N(c4ccc(-c5ccc(C)cc5)cc4)c4ccc(-c5ccc(C)cc5)cc4)cc3)cc21. The van der Waals surface area contributed by atoms with Gasteiger partial charge in [-0.15, -0.1) is 0 Å². The van der Waals surface area contributed by atoms with Crippen LogP contribution in [0.1, 0.15) is 126 Å². The summed E-state index contributed by atoms with van der Waals surface area (Å²) >= 11 is 3.91. The molecule has 0 aromatic heterocycles. The molecule has 1 aliphatic carbocycles. The number of unbranched alkanes of at least 4 members (excludes halogenated alkanes) is 10. The molecular formula is C61H66BrN. The van der Waals surface area contributed by atoms with Crippen molar-refractivity contribution in [1.82, 2.24) is 0 Å². The van der Waals surface area contributed by atoms with Gasteiger partial charge in [-0.2, -0.15) is 0 Å². The Balaban J connectivity index is 1.13. The minimum atomic E-state index is 0.0339. The van der Waals surface area contributed by atoms with Gasteiger partial charge in [0.15, 0.2) is 0 Å². The fourth-order valence-electron chi connectivity index (χ4n) is 10.1.